The van der Waals surface area contributed by atoms with Crippen LogP contribution in [0.3, 0.4) is 0 Å². The Bertz CT molecular complexity index is 641. The third-order valence-corrected chi connectivity index (χ3v) is 10.6. The lowest BCUT2D eigenvalue weighted by atomic mass is 9.48. The smallest absolute Gasteiger partial charge is 0.229 e. The number of carbonyl (C=O) groups is 1. The third-order valence-electron chi connectivity index (χ3n) is 9.73. The minimum absolute atomic E-state index is 0.202. The predicted molar refractivity (Wildman–Crippen MR) is 140 cm³/mol. The zero-order valence-corrected chi connectivity index (χ0v) is 22.7. The molecule has 2 saturated carbocycles. The Morgan fingerprint density at radius 2 is 1.91 bits per heavy atom. The van der Waals surface area contributed by atoms with Gasteiger partial charge in [0, 0.05) is 11.7 Å². The van der Waals surface area contributed by atoms with Crippen LogP contribution < -0.4 is 4.72 Å². The van der Waals surface area contributed by atoms with Crippen LogP contribution in [0.1, 0.15) is 119 Å². The third kappa shape index (κ3) is 6.16. The van der Waals surface area contributed by atoms with Gasteiger partial charge in [-0.05, 0) is 104 Å². The second kappa shape index (κ2) is 11.3. The first-order valence-electron chi connectivity index (χ1n) is 13.8. The lowest BCUT2D eigenvalue weighted by molar-refractivity contribution is -0.119. The average molecular weight is 462 g/mol. The standard InChI is InChI=1S/C29H51NOS/c1-7-22-20-23-12-10-13-24(14-11-16-27(31)30-32-21(2)3)28(4,5)19-17-26(23)29(6)18-9-8-15-25(22)29/h10,12,21-26H,7-9,11,13-20H2,1-6H3,(H,30,31)/b12-10+/t22-,23?,24?,25?,26-,29?/m0/s1. The van der Waals surface area contributed by atoms with E-state index in [1.807, 2.05) is 0 Å². The number of nitrogens with one attached hydrogen (secondary N) is 1. The van der Waals surface area contributed by atoms with E-state index in [0.29, 0.717) is 28.4 Å². The number of amides is 1. The van der Waals surface area contributed by atoms with E-state index in [-0.39, 0.29) is 5.91 Å². The maximum Gasteiger partial charge on any atom is 0.229 e. The van der Waals surface area contributed by atoms with E-state index in [2.05, 4.69) is 58.4 Å². The molecule has 32 heavy (non-hydrogen) atoms. The minimum Gasteiger partial charge on any atom is -0.300 e. The monoisotopic (exact) mass is 461 g/mol. The fraction of sp³-hybridized carbons (Fsp3) is 0.897. The summed E-state index contributed by atoms with van der Waals surface area (Å²) in [6.45, 7) is 14.4. The second-order valence-corrected chi connectivity index (χ2v) is 13.9. The normalized spacial score (nSPS) is 38.0. The maximum atomic E-state index is 12.2. The van der Waals surface area contributed by atoms with Crippen molar-refractivity contribution in [3.8, 4) is 0 Å². The molecule has 3 heteroatoms. The van der Waals surface area contributed by atoms with E-state index in [1.165, 1.54) is 64.2 Å². The highest BCUT2D eigenvalue weighted by Gasteiger charge is 2.52. The van der Waals surface area contributed by atoms with Crippen LogP contribution in [-0.2, 0) is 4.79 Å². The van der Waals surface area contributed by atoms with Crippen molar-refractivity contribution in [1.82, 2.24) is 4.72 Å². The Labute approximate surface area is 203 Å². The number of hydrogen-bond donors (Lipinski definition) is 1. The van der Waals surface area contributed by atoms with Gasteiger partial charge in [-0.25, -0.2) is 0 Å². The van der Waals surface area contributed by atoms with Gasteiger partial charge < -0.3 is 0 Å². The number of fused-ring (bicyclic) bond motifs is 3. The van der Waals surface area contributed by atoms with Gasteiger partial charge in [0.05, 0.1) is 0 Å². The van der Waals surface area contributed by atoms with Crippen LogP contribution in [0, 0.1) is 40.4 Å². The average Bonchev–Trinajstić information content (AvgIpc) is 2.80. The molecular weight excluding hydrogens is 410 g/mol. The van der Waals surface area contributed by atoms with E-state index >= 15 is 0 Å². The molecule has 4 unspecified atom stereocenters. The summed E-state index contributed by atoms with van der Waals surface area (Å²) < 4.78 is 3.01. The zero-order chi connectivity index (χ0) is 23.4. The van der Waals surface area contributed by atoms with Crippen LogP contribution in [0.2, 0.25) is 0 Å². The van der Waals surface area contributed by atoms with E-state index < -0.39 is 0 Å². The summed E-state index contributed by atoms with van der Waals surface area (Å²) in [4.78, 5) is 12.2. The number of allylic oxidation sites excluding steroid dienone is 2. The molecule has 6 atom stereocenters. The highest BCUT2D eigenvalue weighted by atomic mass is 32.2. The predicted octanol–water partition coefficient (Wildman–Crippen LogP) is 8.57. The van der Waals surface area contributed by atoms with Crippen LogP contribution in [0.15, 0.2) is 12.2 Å². The molecule has 0 aromatic rings. The molecule has 0 saturated heterocycles. The van der Waals surface area contributed by atoms with Gasteiger partial charge in [-0.2, -0.15) is 0 Å². The zero-order valence-electron chi connectivity index (χ0n) is 21.9. The van der Waals surface area contributed by atoms with Crippen LogP contribution in [0.5, 0.6) is 0 Å². The first kappa shape index (κ1) is 26.2. The molecule has 2 nitrogen and oxygen atoms in total. The van der Waals surface area contributed by atoms with Gasteiger partial charge in [-0.3, -0.25) is 9.52 Å². The maximum absolute atomic E-state index is 12.2. The molecule has 3 rings (SSSR count). The van der Waals surface area contributed by atoms with Crippen molar-refractivity contribution in [1.29, 1.82) is 0 Å². The number of carbonyl (C=O) groups excluding carboxylic acids is 1. The summed E-state index contributed by atoms with van der Waals surface area (Å²) in [6, 6.07) is 0. The quantitative estimate of drug-likeness (QED) is 0.304. The van der Waals surface area contributed by atoms with Gasteiger partial charge in [0.25, 0.3) is 0 Å². The van der Waals surface area contributed by atoms with E-state index in [9.17, 15) is 4.79 Å². The van der Waals surface area contributed by atoms with Crippen LogP contribution >= 0.6 is 11.9 Å². The highest BCUT2D eigenvalue weighted by Crippen LogP contribution is 2.60. The minimum atomic E-state index is 0.202. The number of rotatable bonds is 7. The largest absolute Gasteiger partial charge is 0.300 e. The molecule has 0 radical (unpaired) electrons. The summed E-state index contributed by atoms with van der Waals surface area (Å²) in [5, 5.41) is 0.443. The molecule has 3 aliphatic carbocycles. The van der Waals surface area contributed by atoms with Gasteiger partial charge >= 0.3 is 0 Å². The molecule has 0 heterocycles. The van der Waals surface area contributed by atoms with Gasteiger partial charge in [-0.15, -0.1) is 0 Å². The van der Waals surface area contributed by atoms with Crippen molar-refractivity contribution in [3.05, 3.63) is 12.2 Å². The van der Waals surface area contributed by atoms with Crippen molar-refractivity contribution in [2.75, 3.05) is 0 Å². The van der Waals surface area contributed by atoms with E-state index in [1.54, 1.807) is 11.9 Å². The van der Waals surface area contributed by atoms with Crippen LogP contribution in [-0.4, -0.2) is 11.2 Å². The molecule has 0 aliphatic heterocycles. The highest BCUT2D eigenvalue weighted by molar-refractivity contribution is 7.98. The topological polar surface area (TPSA) is 29.1 Å². The van der Waals surface area contributed by atoms with Gasteiger partial charge in [0.15, 0.2) is 0 Å². The summed E-state index contributed by atoms with van der Waals surface area (Å²) in [5.41, 5.74) is 0.902. The molecule has 184 valence electrons. The van der Waals surface area contributed by atoms with Crippen LogP contribution in [0.25, 0.3) is 0 Å². The van der Waals surface area contributed by atoms with Crippen LogP contribution in [0.4, 0.5) is 0 Å². The van der Waals surface area contributed by atoms with Crippen molar-refractivity contribution in [3.63, 3.8) is 0 Å². The molecule has 1 N–H and O–H groups in total. The van der Waals surface area contributed by atoms with E-state index in [4.69, 9.17) is 0 Å². The summed E-state index contributed by atoms with van der Waals surface area (Å²) in [6.07, 6.45) is 20.6. The van der Waals surface area contributed by atoms with Crippen molar-refractivity contribution >= 4 is 17.9 Å². The molecule has 1 amide bonds. The Morgan fingerprint density at radius 3 is 2.62 bits per heavy atom. The van der Waals surface area contributed by atoms with Gasteiger partial charge in [0.1, 0.15) is 0 Å². The first-order chi connectivity index (χ1) is 15.2. The fourth-order valence-corrected chi connectivity index (χ4v) is 8.18. The molecule has 2 fully saturated rings. The molecule has 3 aliphatic rings. The Hall–Kier alpha value is -0.440. The molecule has 0 bridgehead atoms. The Morgan fingerprint density at radius 1 is 1.12 bits per heavy atom. The SMILES string of the molecule is CC[C@H]1CC2/C=C/CC(CCCC(=O)NSC(C)C)C(C)(C)CC[C@@H]2C2(C)CCCCC12. The second-order valence-electron chi connectivity index (χ2n) is 12.5. The molecule has 0 aromatic heterocycles. The lowest BCUT2D eigenvalue weighted by Crippen LogP contribution is -2.49. The molecular formula is C29H51NOS. The van der Waals surface area contributed by atoms with E-state index in [0.717, 1.165) is 30.1 Å². The Balaban J connectivity index is 1.66. The van der Waals surface area contributed by atoms with Crippen molar-refractivity contribution in [2.24, 2.45) is 40.4 Å². The lowest BCUT2D eigenvalue weighted by Gasteiger charge is -2.57. The number of hydrogen-bond acceptors (Lipinski definition) is 2. The summed E-state index contributed by atoms with van der Waals surface area (Å²) in [7, 11) is 0. The first-order valence-corrected chi connectivity index (χ1v) is 14.7. The molecule has 0 spiro atoms. The van der Waals surface area contributed by atoms with Gasteiger partial charge in [0.2, 0.25) is 5.91 Å². The Kier molecular flexibility index (Phi) is 9.26. The summed E-state index contributed by atoms with van der Waals surface area (Å²) in [5.74, 6) is 4.42. The van der Waals surface area contributed by atoms with Crippen molar-refractivity contribution < 1.29 is 4.79 Å². The fourth-order valence-electron chi connectivity index (χ4n) is 7.72. The summed E-state index contributed by atoms with van der Waals surface area (Å²) >= 11 is 1.55. The van der Waals surface area contributed by atoms with Gasteiger partial charge in [-0.1, -0.05) is 73.0 Å². The molecule has 0 aromatic carbocycles. The van der Waals surface area contributed by atoms with Crippen molar-refractivity contribution in [2.45, 2.75) is 124 Å².